The first kappa shape index (κ1) is 26.8. The molecule has 0 spiro atoms. The van der Waals surface area contributed by atoms with Gasteiger partial charge in [0.15, 0.2) is 0 Å². The van der Waals surface area contributed by atoms with Crippen LogP contribution in [0.2, 0.25) is 0 Å². The fourth-order valence-corrected chi connectivity index (χ4v) is 0.705. The van der Waals surface area contributed by atoms with E-state index in [0.717, 1.165) is 5.76 Å². The Labute approximate surface area is 124 Å². The molecular weight excluding hydrogens is 231 g/mol. The molecule has 113 valence electrons. The van der Waals surface area contributed by atoms with E-state index in [0.29, 0.717) is 5.41 Å². The quantitative estimate of drug-likeness (QED) is 0.502. The van der Waals surface area contributed by atoms with Gasteiger partial charge in [0, 0.05) is 13.8 Å². The SMILES string of the molecule is CC.CC.CC(C)(C)C.CC(C)(C)c1ccco1.[B]. The fourth-order valence-electron chi connectivity index (χ4n) is 0.705. The minimum absolute atomic E-state index is 0. The third kappa shape index (κ3) is 26.8. The van der Waals surface area contributed by atoms with Crippen LogP contribution < -0.4 is 0 Å². The molecule has 0 fully saturated rings. The molecule has 1 heterocycles. The van der Waals surface area contributed by atoms with Crippen molar-refractivity contribution in [3.8, 4) is 0 Å². The normalized spacial score (nSPS) is 9.42. The summed E-state index contributed by atoms with van der Waals surface area (Å²) in [4.78, 5) is 0. The molecular formula is C17H36BO. The van der Waals surface area contributed by atoms with Crippen LogP contribution in [0.3, 0.4) is 0 Å². The molecule has 2 heteroatoms. The lowest BCUT2D eigenvalue weighted by Gasteiger charge is -2.13. The van der Waals surface area contributed by atoms with Crippen LogP contribution in [0, 0.1) is 5.41 Å². The van der Waals surface area contributed by atoms with E-state index in [-0.39, 0.29) is 13.8 Å². The van der Waals surface area contributed by atoms with E-state index in [1.54, 1.807) is 6.26 Å². The monoisotopic (exact) mass is 267 g/mol. The second-order valence-electron chi connectivity index (χ2n) is 6.23. The zero-order valence-corrected chi connectivity index (χ0v) is 15.2. The van der Waals surface area contributed by atoms with Crippen molar-refractivity contribution in [3.05, 3.63) is 24.2 Å². The van der Waals surface area contributed by atoms with Gasteiger partial charge in [0.05, 0.1) is 6.26 Å². The molecule has 0 atom stereocenters. The highest BCUT2D eigenvalue weighted by molar-refractivity contribution is 5.75. The van der Waals surface area contributed by atoms with Crippen LogP contribution in [0.1, 0.15) is 81.9 Å². The molecule has 1 aromatic rings. The average molecular weight is 267 g/mol. The van der Waals surface area contributed by atoms with Crippen molar-refractivity contribution in [2.45, 2.75) is 81.6 Å². The van der Waals surface area contributed by atoms with Crippen LogP contribution in [0.4, 0.5) is 0 Å². The molecule has 0 aliphatic rings. The highest BCUT2D eigenvalue weighted by atomic mass is 16.3. The van der Waals surface area contributed by atoms with Gasteiger partial charge in [-0.15, -0.1) is 0 Å². The molecule has 19 heavy (non-hydrogen) atoms. The van der Waals surface area contributed by atoms with E-state index in [2.05, 4.69) is 48.5 Å². The Hall–Kier alpha value is -0.655. The Morgan fingerprint density at radius 2 is 1.11 bits per heavy atom. The standard InChI is InChI=1S/C8H12O.C5H12.2C2H6.B/c1-8(2,3)7-5-4-6-9-7;1-5(2,3)4;2*1-2;/h4-6H,1-3H3;1-4H3;2*1-2H3;. The van der Waals surface area contributed by atoms with E-state index >= 15 is 0 Å². The molecule has 1 aromatic heterocycles. The summed E-state index contributed by atoms with van der Waals surface area (Å²) >= 11 is 0. The predicted octanol–water partition coefficient (Wildman–Crippen LogP) is 6.30. The molecule has 0 amide bonds. The molecule has 0 N–H and O–H groups in total. The number of rotatable bonds is 0. The van der Waals surface area contributed by atoms with Crippen molar-refractivity contribution in [2.24, 2.45) is 5.41 Å². The van der Waals surface area contributed by atoms with Gasteiger partial charge in [-0.2, -0.15) is 0 Å². The van der Waals surface area contributed by atoms with E-state index in [4.69, 9.17) is 4.42 Å². The van der Waals surface area contributed by atoms with Gasteiger partial charge in [-0.25, -0.2) is 0 Å². The zero-order chi connectivity index (χ0) is 15.4. The Balaban J connectivity index is -0.0000000978. The fraction of sp³-hybridized carbons (Fsp3) is 0.765. The Morgan fingerprint density at radius 1 is 0.789 bits per heavy atom. The summed E-state index contributed by atoms with van der Waals surface area (Å²) < 4.78 is 5.20. The predicted molar refractivity (Wildman–Crippen MR) is 91.0 cm³/mol. The van der Waals surface area contributed by atoms with Crippen LogP contribution in [-0.4, -0.2) is 8.41 Å². The van der Waals surface area contributed by atoms with Crippen LogP contribution in [0.5, 0.6) is 0 Å². The molecule has 0 unspecified atom stereocenters. The van der Waals surface area contributed by atoms with E-state index < -0.39 is 0 Å². The lowest BCUT2D eigenvalue weighted by atomic mass is 9.94. The number of hydrogen-bond acceptors (Lipinski definition) is 1. The second-order valence-corrected chi connectivity index (χ2v) is 6.23. The third-order valence-electron chi connectivity index (χ3n) is 1.26. The van der Waals surface area contributed by atoms with Crippen molar-refractivity contribution in [1.82, 2.24) is 0 Å². The van der Waals surface area contributed by atoms with Gasteiger partial charge in [0.25, 0.3) is 0 Å². The molecule has 0 aliphatic heterocycles. The van der Waals surface area contributed by atoms with Crippen molar-refractivity contribution in [3.63, 3.8) is 0 Å². The van der Waals surface area contributed by atoms with Gasteiger partial charge < -0.3 is 4.42 Å². The summed E-state index contributed by atoms with van der Waals surface area (Å²) in [5.74, 6) is 1.04. The first-order valence-electron chi connectivity index (χ1n) is 7.15. The van der Waals surface area contributed by atoms with E-state index in [9.17, 15) is 0 Å². The van der Waals surface area contributed by atoms with E-state index in [1.807, 2.05) is 39.8 Å². The summed E-state index contributed by atoms with van der Waals surface area (Å²) in [5.41, 5.74) is 0.656. The second kappa shape index (κ2) is 13.8. The molecule has 0 bridgehead atoms. The summed E-state index contributed by atoms with van der Waals surface area (Å²) in [7, 11) is 0. The summed E-state index contributed by atoms with van der Waals surface area (Å²) in [6.07, 6.45) is 1.71. The van der Waals surface area contributed by atoms with Gasteiger partial charge in [-0.3, -0.25) is 0 Å². The van der Waals surface area contributed by atoms with Crippen LogP contribution >= 0.6 is 0 Å². The third-order valence-corrected chi connectivity index (χ3v) is 1.26. The van der Waals surface area contributed by atoms with Gasteiger partial charge in [-0.1, -0.05) is 76.2 Å². The van der Waals surface area contributed by atoms with Crippen molar-refractivity contribution < 1.29 is 4.42 Å². The first-order valence-corrected chi connectivity index (χ1v) is 7.15. The molecule has 3 radical (unpaired) electrons. The minimum atomic E-state index is 0. The molecule has 0 aromatic carbocycles. The van der Waals surface area contributed by atoms with Gasteiger partial charge in [-0.05, 0) is 17.5 Å². The molecule has 0 aliphatic carbocycles. The van der Waals surface area contributed by atoms with Gasteiger partial charge in [0.2, 0.25) is 0 Å². The maximum atomic E-state index is 5.20. The van der Waals surface area contributed by atoms with Crippen LogP contribution in [-0.2, 0) is 5.41 Å². The highest BCUT2D eigenvalue weighted by Crippen LogP contribution is 2.21. The summed E-state index contributed by atoms with van der Waals surface area (Å²) in [6.45, 7) is 23.1. The maximum absolute atomic E-state index is 5.20. The van der Waals surface area contributed by atoms with Gasteiger partial charge >= 0.3 is 0 Å². The van der Waals surface area contributed by atoms with Crippen LogP contribution in [0.15, 0.2) is 22.8 Å². The average Bonchev–Trinajstić information content (AvgIpc) is 2.73. The molecule has 1 nitrogen and oxygen atoms in total. The number of hydrogen-bond donors (Lipinski definition) is 0. The summed E-state index contributed by atoms with van der Waals surface area (Å²) in [6, 6.07) is 3.92. The molecule has 0 saturated heterocycles. The van der Waals surface area contributed by atoms with Crippen molar-refractivity contribution in [2.75, 3.05) is 0 Å². The minimum Gasteiger partial charge on any atom is -0.469 e. The lowest BCUT2D eigenvalue weighted by Crippen LogP contribution is -2.08. The number of furan rings is 1. The van der Waals surface area contributed by atoms with Crippen molar-refractivity contribution in [1.29, 1.82) is 0 Å². The van der Waals surface area contributed by atoms with Crippen molar-refractivity contribution >= 4 is 8.41 Å². The highest BCUT2D eigenvalue weighted by Gasteiger charge is 2.15. The largest absolute Gasteiger partial charge is 0.469 e. The zero-order valence-electron chi connectivity index (χ0n) is 15.2. The van der Waals surface area contributed by atoms with Gasteiger partial charge in [0.1, 0.15) is 5.76 Å². The first-order chi connectivity index (χ1) is 8.11. The summed E-state index contributed by atoms with van der Waals surface area (Å²) in [5, 5.41) is 0. The maximum Gasteiger partial charge on any atom is 0.109 e. The van der Waals surface area contributed by atoms with Crippen LogP contribution in [0.25, 0.3) is 0 Å². The smallest absolute Gasteiger partial charge is 0.109 e. The molecule has 1 rings (SSSR count). The Morgan fingerprint density at radius 3 is 1.21 bits per heavy atom. The molecule has 0 saturated carbocycles. The van der Waals surface area contributed by atoms with E-state index in [1.165, 1.54) is 0 Å². The Bertz CT molecular complexity index is 231. The lowest BCUT2D eigenvalue weighted by molar-refractivity contribution is 0.409. The Kier molecular flexibility index (Phi) is 19.4. The topological polar surface area (TPSA) is 13.1 Å².